The van der Waals surface area contributed by atoms with E-state index in [-0.39, 0.29) is 37.4 Å². The Bertz CT molecular complexity index is 1150. The zero-order valence-corrected chi connectivity index (χ0v) is 22.8. The van der Waals surface area contributed by atoms with Gasteiger partial charge < -0.3 is 10.2 Å². The van der Waals surface area contributed by atoms with E-state index in [2.05, 4.69) is 5.32 Å². The molecule has 196 valence electrons. The standard InChI is InChI=1S/C27H36ClN3O4S/c1-20-13-15-25(16-14-20)31(36(3,34)35)17-7-12-26(32)30(19-22-8-6-9-23(28)18-22)21(2)27(33)29-24-10-4-5-11-24/h6,8-9,13-16,18,21,24H,4-5,7,10-12,17,19H2,1-3H3,(H,29,33)/t21-/m1/s1. The number of carbonyl (C=O) groups excluding carboxylic acids is 2. The summed E-state index contributed by atoms with van der Waals surface area (Å²) in [5, 5.41) is 3.64. The second kappa shape index (κ2) is 12.6. The van der Waals surface area contributed by atoms with Gasteiger partial charge in [-0.3, -0.25) is 13.9 Å². The minimum absolute atomic E-state index is 0.111. The van der Waals surface area contributed by atoms with Gasteiger partial charge in [-0.05, 0) is 62.9 Å². The molecule has 1 atom stereocenters. The van der Waals surface area contributed by atoms with Gasteiger partial charge >= 0.3 is 0 Å². The molecule has 0 heterocycles. The van der Waals surface area contributed by atoms with Gasteiger partial charge in [-0.1, -0.05) is 54.3 Å². The van der Waals surface area contributed by atoms with Crippen LogP contribution in [0.2, 0.25) is 5.02 Å². The van der Waals surface area contributed by atoms with E-state index in [1.54, 1.807) is 36.1 Å². The molecule has 1 fully saturated rings. The monoisotopic (exact) mass is 533 g/mol. The Morgan fingerprint density at radius 1 is 1.11 bits per heavy atom. The summed E-state index contributed by atoms with van der Waals surface area (Å²) in [5.41, 5.74) is 2.42. The molecule has 1 N–H and O–H groups in total. The number of sulfonamides is 1. The van der Waals surface area contributed by atoms with Gasteiger partial charge in [-0.15, -0.1) is 0 Å². The second-order valence-electron chi connectivity index (χ2n) is 9.59. The zero-order valence-electron chi connectivity index (χ0n) is 21.2. The Balaban J connectivity index is 1.71. The normalized spacial score (nSPS) is 14.9. The number of benzene rings is 2. The highest BCUT2D eigenvalue weighted by Gasteiger charge is 2.28. The van der Waals surface area contributed by atoms with Crippen molar-refractivity contribution in [3.05, 3.63) is 64.7 Å². The number of carbonyl (C=O) groups is 2. The lowest BCUT2D eigenvalue weighted by Gasteiger charge is -2.30. The molecule has 1 aliphatic rings. The Morgan fingerprint density at radius 2 is 1.78 bits per heavy atom. The van der Waals surface area contributed by atoms with Gasteiger partial charge in [0.05, 0.1) is 11.9 Å². The molecule has 0 aliphatic heterocycles. The Morgan fingerprint density at radius 3 is 2.39 bits per heavy atom. The molecule has 36 heavy (non-hydrogen) atoms. The van der Waals surface area contributed by atoms with Crippen molar-refractivity contribution in [2.45, 2.75) is 71.0 Å². The molecule has 0 saturated heterocycles. The van der Waals surface area contributed by atoms with Crippen LogP contribution in [-0.4, -0.2) is 50.0 Å². The predicted molar refractivity (Wildman–Crippen MR) is 144 cm³/mol. The Labute approximate surface area is 219 Å². The molecule has 2 amide bonds. The maximum absolute atomic E-state index is 13.4. The van der Waals surface area contributed by atoms with Crippen LogP contribution in [0.1, 0.15) is 56.6 Å². The van der Waals surface area contributed by atoms with Crippen LogP contribution >= 0.6 is 11.6 Å². The van der Waals surface area contributed by atoms with E-state index in [4.69, 9.17) is 11.6 Å². The molecule has 0 aromatic heterocycles. The largest absolute Gasteiger partial charge is 0.352 e. The van der Waals surface area contributed by atoms with Crippen LogP contribution in [0.15, 0.2) is 48.5 Å². The van der Waals surface area contributed by atoms with Gasteiger partial charge in [0, 0.05) is 30.6 Å². The van der Waals surface area contributed by atoms with Crippen LogP contribution in [0, 0.1) is 6.92 Å². The number of nitrogens with zero attached hydrogens (tertiary/aromatic N) is 2. The first kappa shape index (κ1) is 28.0. The highest BCUT2D eigenvalue weighted by atomic mass is 35.5. The summed E-state index contributed by atoms with van der Waals surface area (Å²) in [6, 6.07) is 14.0. The van der Waals surface area contributed by atoms with Crippen molar-refractivity contribution in [2.75, 3.05) is 17.1 Å². The van der Waals surface area contributed by atoms with E-state index >= 15 is 0 Å². The fraction of sp³-hybridized carbons (Fsp3) is 0.481. The summed E-state index contributed by atoms with van der Waals surface area (Å²) in [5.74, 6) is -0.379. The number of hydrogen-bond acceptors (Lipinski definition) is 4. The van der Waals surface area contributed by atoms with E-state index in [0.717, 1.165) is 43.1 Å². The first-order chi connectivity index (χ1) is 17.0. The number of halogens is 1. The molecule has 3 rings (SSSR count). The average molecular weight is 534 g/mol. The summed E-state index contributed by atoms with van der Waals surface area (Å²) in [7, 11) is -3.52. The first-order valence-electron chi connectivity index (χ1n) is 12.4. The van der Waals surface area contributed by atoms with Crippen molar-refractivity contribution >= 4 is 39.1 Å². The molecule has 2 aromatic rings. The van der Waals surface area contributed by atoms with Gasteiger partial charge in [0.15, 0.2) is 0 Å². The zero-order chi connectivity index (χ0) is 26.3. The molecular formula is C27H36ClN3O4S. The van der Waals surface area contributed by atoms with E-state index in [0.29, 0.717) is 17.1 Å². The van der Waals surface area contributed by atoms with E-state index < -0.39 is 16.1 Å². The highest BCUT2D eigenvalue weighted by molar-refractivity contribution is 7.92. The highest BCUT2D eigenvalue weighted by Crippen LogP contribution is 2.21. The van der Waals surface area contributed by atoms with Crippen molar-refractivity contribution in [3.63, 3.8) is 0 Å². The molecule has 0 bridgehead atoms. The number of aryl methyl sites for hydroxylation is 1. The van der Waals surface area contributed by atoms with E-state index in [1.165, 1.54) is 4.31 Å². The Hall–Kier alpha value is -2.58. The number of nitrogens with one attached hydrogen (secondary N) is 1. The maximum atomic E-state index is 13.4. The molecular weight excluding hydrogens is 498 g/mol. The third kappa shape index (κ3) is 7.96. The van der Waals surface area contributed by atoms with Gasteiger partial charge in [0.2, 0.25) is 21.8 Å². The van der Waals surface area contributed by atoms with E-state index in [1.807, 2.05) is 31.2 Å². The van der Waals surface area contributed by atoms with Crippen molar-refractivity contribution in [2.24, 2.45) is 0 Å². The molecule has 0 unspecified atom stereocenters. The molecule has 1 aliphatic carbocycles. The van der Waals surface area contributed by atoms with Crippen LogP contribution < -0.4 is 9.62 Å². The van der Waals surface area contributed by atoms with Crippen molar-refractivity contribution < 1.29 is 18.0 Å². The minimum atomic E-state index is -3.52. The fourth-order valence-electron chi connectivity index (χ4n) is 4.52. The molecule has 9 heteroatoms. The van der Waals surface area contributed by atoms with Gasteiger partial charge in [0.1, 0.15) is 6.04 Å². The Kier molecular flexibility index (Phi) is 9.79. The number of anilines is 1. The van der Waals surface area contributed by atoms with Crippen molar-refractivity contribution in [1.29, 1.82) is 0 Å². The first-order valence-corrected chi connectivity index (χ1v) is 14.7. The quantitative estimate of drug-likeness (QED) is 0.454. The maximum Gasteiger partial charge on any atom is 0.242 e. The smallest absolute Gasteiger partial charge is 0.242 e. The van der Waals surface area contributed by atoms with Crippen LogP contribution in [0.25, 0.3) is 0 Å². The molecule has 0 radical (unpaired) electrons. The molecule has 2 aromatic carbocycles. The lowest BCUT2D eigenvalue weighted by molar-refractivity contribution is -0.141. The van der Waals surface area contributed by atoms with Gasteiger partial charge in [-0.2, -0.15) is 0 Å². The number of hydrogen-bond donors (Lipinski definition) is 1. The lowest BCUT2D eigenvalue weighted by atomic mass is 10.1. The van der Waals surface area contributed by atoms with Gasteiger partial charge in [0.25, 0.3) is 0 Å². The van der Waals surface area contributed by atoms with Crippen molar-refractivity contribution in [3.8, 4) is 0 Å². The van der Waals surface area contributed by atoms with Crippen LogP contribution in [0.4, 0.5) is 5.69 Å². The third-order valence-electron chi connectivity index (χ3n) is 6.58. The van der Waals surface area contributed by atoms with Crippen LogP contribution in [0.5, 0.6) is 0 Å². The number of rotatable bonds is 11. The average Bonchev–Trinajstić information content (AvgIpc) is 3.33. The summed E-state index contributed by atoms with van der Waals surface area (Å²) in [4.78, 5) is 27.9. The van der Waals surface area contributed by atoms with E-state index in [9.17, 15) is 18.0 Å². The number of amides is 2. The lowest BCUT2D eigenvalue weighted by Crippen LogP contribution is -2.49. The predicted octanol–water partition coefficient (Wildman–Crippen LogP) is 4.67. The second-order valence-corrected chi connectivity index (χ2v) is 11.9. The fourth-order valence-corrected chi connectivity index (χ4v) is 5.70. The summed E-state index contributed by atoms with van der Waals surface area (Å²) in [6.45, 7) is 4.08. The summed E-state index contributed by atoms with van der Waals surface area (Å²) < 4.78 is 26.2. The SMILES string of the molecule is Cc1ccc(N(CCCC(=O)N(Cc2cccc(Cl)c2)[C@H](C)C(=O)NC2CCCC2)S(C)(=O)=O)cc1. The third-order valence-corrected chi connectivity index (χ3v) is 8.01. The van der Waals surface area contributed by atoms with Crippen LogP contribution in [0.3, 0.4) is 0 Å². The summed E-state index contributed by atoms with van der Waals surface area (Å²) in [6.07, 6.45) is 5.71. The van der Waals surface area contributed by atoms with Crippen LogP contribution in [-0.2, 0) is 26.2 Å². The van der Waals surface area contributed by atoms with Crippen molar-refractivity contribution in [1.82, 2.24) is 10.2 Å². The molecule has 7 nitrogen and oxygen atoms in total. The minimum Gasteiger partial charge on any atom is -0.352 e. The molecule has 1 saturated carbocycles. The summed E-state index contributed by atoms with van der Waals surface area (Å²) >= 11 is 6.15. The molecule has 0 spiro atoms. The topological polar surface area (TPSA) is 86.8 Å². The van der Waals surface area contributed by atoms with Gasteiger partial charge in [-0.25, -0.2) is 8.42 Å².